The minimum atomic E-state index is -0.202. The first-order valence-electron chi connectivity index (χ1n) is 7.07. The summed E-state index contributed by atoms with van der Waals surface area (Å²) < 4.78 is 0. The number of nitrogens with one attached hydrogen (secondary N) is 2. The lowest BCUT2D eigenvalue weighted by atomic mass is 9.81. The van der Waals surface area contributed by atoms with Crippen molar-refractivity contribution in [3.63, 3.8) is 0 Å². The Labute approximate surface area is 115 Å². The van der Waals surface area contributed by atoms with Crippen LogP contribution in [0.2, 0.25) is 0 Å². The second-order valence-corrected chi connectivity index (χ2v) is 5.45. The van der Waals surface area contributed by atoms with E-state index in [-0.39, 0.29) is 11.3 Å². The zero-order valence-corrected chi connectivity index (χ0v) is 11.8. The minimum absolute atomic E-state index is 0.180. The van der Waals surface area contributed by atoms with Crippen molar-refractivity contribution in [3.05, 3.63) is 29.6 Å². The molecule has 2 N–H and O–H groups in total. The average Bonchev–Trinajstić information content (AvgIpc) is 2.88. The second kappa shape index (κ2) is 6.15. The van der Waals surface area contributed by atoms with E-state index in [0.717, 1.165) is 43.6 Å². The van der Waals surface area contributed by atoms with Crippen LogP contribution < -0.4 is 10.6 Å². The molecule has 1 saturated heterocycles. The Morgan fingerprint density at radius 3 is 2.95 bits per heavy atom. The fourth-order valence-corrected chi connectivity index (χ4v) is 2.72. The number of hydrogen-bond acceptors (Lipinski definition) is 3. The zero-order chi connectivity index (χ0) is 13.7. The topological polar surface area (TPSA) is 54.0 Å². The molecule has 2 rings (SSSR count). The van der Waals surface area contributed by atoms with Crippen molar-refractivity contribution in [3.8, 4) is 0 Å². The van der Waals surface area contributed by atoms with Crippen molar-refractivity contribution in [2.45, 2.75) is 39.7 Å². The molecule has 19 heavy (non-hydrogen) atoms. The van der Waals surface area contributed by atoms with Crippen LogP contribution in [0.3, 0.4) is 0 Å². The number of rotatable bonds is 5. The van der Waals surface area contributed by atoms with Gasteiger partial charge in [-0.25, -0.2) is 0 Å². The molecule has 1 amide bonds. The predicted molar refractivity (Wildman–Crippen MR) is 75.6 cm³/mol. The normalized spacial score (nSPS) is 22.4. The maximum absolute atomic E-state index is 12.4. The highest BCUT2D eigenvalue weighted by molar-refractivity contribution is 5.83. The second-order valence-electron chi connectivity index (χ2n) is 5.45. The van der Waals surface area contributed by atoms with Crippen molar-refractivity contribution in [2.75, 3.05) is 13.1 Å². The van der Waals surface area contributed by atoms with Gasteiger partial charge in [-0.3, -0.25) is 9.78 Å². The Morgan fingerprint density at radius 2 is 2.37 bits per heavy atom. The summed E-state index contributed by atoms with van der Waals surface area (Å²) in [6.45, 7) is 6.41. The molecule has 1 fully saturated rings. The molecule has 0 bridgehead atoms. The largest absolute Gasteiger partial charge is 0.351 e. The Balaban J connectivity index is 1.94. The molecule has 0 aromatic carbocycles. The monoisotopic (exact) mass is 261 g/mol. The molecule has 104 valence electrons. The number of pyridine rings is 1. The van der Waals surface area contributed by atoms with E-state index in [1.54, 1.807) is 0 Å². The van der Waals surface area contributed by atoms with Crippen molar-refractivity contribution in [1.29, 1.82) is 0 Å². The van der Waals surface area contributed by atoms with Crippen molar-refractivity contribution < 1.29 is 4.79 Å². The third-order valence-corrected chi connectivity index (χ3v) is 3.88. The molecule has 0 spiro atoms. The van der Waals surface area contributed by atoms with Crippen LogP contribution in [0.4, 0.5) is 0 Å². The molecule has 1 aromatic heterocycles. The van der Waals surface area contributed by atoms with Gasteiger partial charge in [0.25, 0.3) is 0 Å². The lowest BCUT2D eigenvalue weighted by Gasteiger charge is -2.26. The van der Waals surface area contributed by atoms with Crippen LogP contribution in [0.1, 0.15) is 37.4 Å². The highest BCUT2D eigenvalue weighted by atomic mass is 16.2. The lowest BCUT2D eigenvalue weighted by molar-refractivity contribution is -0.130. The van der Waals surface area contributed by atoms with E-state index in [1.165, 1.54) is 0 Å². The van der Waals surface area contributed by atoms with Gasteiger partial charge >= 0.3 is 0 Å². The van der Waals surface area contributed by atoms with Crippen molar-refractivity contribution in [1.82, 2.24) is 15.6 Å². The first-order valence-corrected chi connectivity index (χ1v) is 7.07. The third kappa shape index (κ3) is 3.32. The number of hydrogen-bond donors (Lipinski definition) is 2. The minimum Gasteiger partial charge on any atom is -0.351 e. The van der Waals surface area contributed by atoms with Crippen LogP contribution in [0.5, 0.6) is 0 Å². The summed E-state index contributed by atoms with van der Waals surface area (Å²) in [6, 6.07) is 3.99. The van der Waals surface area contributed by atoms with Gasteiger partial charge in [0.15, 0.2) is 0 Å². The molecule has 4 heteroatoms. The Hall–Kier alpha value is -1.42. The molecule has 0 saturated carbocycles. The van der Waals surface area contributed by atoms with Crippen LogP contribution in [0.15, 0.2) is 18.3 Å². The molecule has 1 unspecified atom stereocenters. The smallest absolute Gasteiger partial charge is 0.227 e. The van der Waals surface area contributed by atoms with Gasteiger partial charge in [0.1, 0.15) is 0 Å². The van der Waals surface area contributed by atoms with E-state index in [9.17, 15) is 4.79 Å². The summed E-state index contributed by atoms with van der Waals surface area (Å²) in [4.78, 5) is 16.7. The van der Waals surface area contributed by atoms with Gasteiger partial charge in [0.2, 0.25) is 5.91 Å². The van der Waals surface area contributed by atoms with Gasteiger partial charge in [-0.05, 0) is 37.9 Å². The highest BCUT2D eigenvalue weighted by Gasteiger charge is 2.39. The van der Waals surface area contributed by atoms with Crippen LogP contribution in [-0.2, 0) is 11.3 Å². The fraction of sp³-hybridized carbons (Fsp3) is 0.600. The van der Waals surface area contributed by atoms with E-state index < -0.39 is 0 Å². The predicted octanol–water partition coefficient (Wildman–Crippen LogP) is 1.79. The SMILES string of the molecule is CCCC1(C(=O)NCc2ccc(C)nc2)CCNC1. The summed E-state index contributed by atoms with van der Waals surface area (Å²) in [5.41, 5.74) is 1.85. The maximum Gasteiger partial charge on any atom is 0.227 e. The summed E-state index contributed by atoms with van der Waals surface area (Å²) in [5.74, 6) is 0.180. The first kappa shape index (κ1) is 14.0. The van der Waals surface area contributed by atoms with Gasteiger partial charge in [-0.2, -0.15) is 0 Å². The van der Waals surface area contributed by atoms with Crippen LogP contribution in [-0.4, -0.2) is 24.0 Å². The van der Waals surface area contributed by atoms with E-state index in [2.05, 4.69) is 22.5 Å². The van der Waals surface area contributed by atoms with Gasteiger partial charge in [-0.1, -0.05) is 19.4 Å². The molecule has 4 nitrogen and oxygen atoms in total. The summed E-state index contributed by atoms with van der Waals surface area (Å²) in [6.07, 6.45) is 4.77. The lowest BCUT2D eigenvalue weighted by Crippen LogP contribution is -2.42. The molecule has 1 aliphatic heterocycles. The van der Waals surface area contributed by atoms with Gasteiger partial charge in [-0.15, -0.1) is 0 Å². The number of aryl methyl sites for hydroxylation is 1. The van der Waals surface area contributed by atoms with Gasteiger partial charge in [0.05, 0.1) is 5.41 Å². The molecular weight excluding hydrogens is 238 g/mol. The molecule has 0 radical (unpaired) electrons. The van der Waals surface area contributed by atoms with Gasteiger partial charge < -0.3 is 10.6 Å². The average molecular weight is 261 g/mol. The summed E-state index contributed by atoms with van der Waals surface area (Å²) >= 11 is 0. The molecule has 1 aromatic rings. The molecule has 2 heterocycles. The van der Waals surface area contributed by atoms with Crippen LogP contribution >= 0.6 is 0 Å². The fourth-order valence-electron chi connectivity index (χ4n) is 2.72. The number of nitrogens with zero attached hydrogens (tertiary/aromatic N) is 1. The number of carbonyl (C=O) groups excluding carboxylic acids is 1. The molecular formula is C15H23N3O. The standard InChI is InChI=1S/C15H23N3O/c1-3-6-15(7-8-16-11-15)14(19)18-10-13-5-4-12(2)17-9-13/h4-5,9,16H,3,6-8,10-11H2,1-2H3,(H,18,19). The van der Waals surface area contributed by atoms with Crippen molar-refractivity contribution in [2.24, 2.45) is 5.41 Å². The van der Waals surface area contributed by atoms with E-state index in [0.29, 0.717) is 6.54 Å². The quantitative estimate of drug-likeness (QED) is 0.849. The Bertz CT molecular complexity index is 422. The van der Waals surface area contributed by atoms with Gasteiger partial charge in [0, 0.05) is 25.0 Å². The highest BCUT2D eigenvalue weighted by Crippen LogP contribution is 2.31. The maximum atomic E-state index is 12.4. The van der Waals surface area contributed by atoms with Crippen LogP contribution in [0, 0.1) is 12.3 Å². The van der Waals surface area contributed by atoms with Crippen molar-refractivity contribution >= 4 is 5.91 Å². The van der Waals surface area contributed by atoms with E-state index in [1.807, 2.05) is 25.3 Å². The summed E-state index contributed by atoms with van der Waals surface area (Å²) in [7, 11) is 0. The molecule has 1 aliphatic rings. The molecule has 1 atom stereocenters. The van der Waals surface area contributed by atoms with Crippen LogP contribution in [0.25, 0.3) is 0 Å². The Morgan fingerprint density at radius 1 is 1.53 bits per heavy atom. The number of carbonyl (C=O) groups is 1. The zero-order valence-electron chi connectivity index (χ0n) is 11.8. The third-order valence-electron chi connectivity index (χ3n) is 3.88. The number of aromatic nitrogens is 1. The Kier molecular flexibility index (Phi) is 4.53. The summed E-state index contributed by atoms with van der Waals surface area (Å²) in [5, 5.41) is 6.38. The first-order chi connectivity index (χ1) is 9.16. The molecule has 0 aliphatic carbocycles. The number of amides is 1. The van der Waals surface area contributed by atoms with E-state index >= 15 is 0 Å². The van der Waals surface area contributed by atoms with E-state index in [4.69, 9.17) is 0 Å².